The number of carboxylic acid groups (broad SMARTS) is 1. The van der Waals surface area contributed by atoms with E-state index in [9.17, 15) is 18.0 Å². The molecule has 0 aliphatic carbocycles. The number of sulfonamides is 1. The highest BCUT2D eigenvalue weighted by Crippen LogP contribution is 2.29. The molecule has 0 unspecified atom stereocenters. The van der Waals surface area contributed by atoms with Crippen LogP contribution in [0, 0.1) is 0 Å². The molecule has 0 aliphatic heterocycles. The molecule has 0 saturated carbocycles. The minimum Gasteiger partial charge on any atom is -0.478 e. The summed E-state index contributed by atoms with van der Waals surface area (Å²) in [6, 6.07) is 2.07. The van der Waals surface area contributed by atoms with Gasteiger partial charge in [-0.05, 0) is 12.1 Å². The van der Waals surface area contributed by atoms with Gasteiger partial charge >= 0.3 is 11.9 Å². The Balaban J connectivity index is 3.08. The average molecular weight is 356 g/mol. The number of benzene rings is 1. The van der Waals surface area contributed by atoms with Crippen LogP contribution in [0.25, 0.3) is 0 Å². The minimum absolute atomic E-state index is 0.0925. The third-order valence-electron chi connectivity index (χ3n) is 2.37. The molecule has 0 atom stereocenters. The van der Waals surface area contributed by atoms with Gasteiger partial charge in [0.15, 0.2) is 0 Å². The maximum atomic E-state index is 12.1. The number of hydrogen-bond acceptors (Lipinski definition) is 5. The van der Waals surface area contributed by atoms with Crippen LogP contribution in [-0.2, 0) is 19.6 Å². The summed E-state index contributed by atoms with van der Waals surface area (Å²) < 4.78 is 30.6. The van der Waals surface area contributed by atoms with Crippen molar-refractivity contribution in [1.82, 2.24) is 4.72 Å². The summed E-state index contributed by atoms with van der Waals surface area (Å²) in [5.41, 5.74) is -0.433. The zero-order valence-electron chi connectivity index (χ0n) is 10.7. The van der Waals surface area contributed by atoms with Gasteiger partial charge in [-0.1, -0.05) is 23.2 Å². The predicted octanol–water partition coefficient (Wildman–Crippen LogP) is 1.53. The Morgan fingerprint density at radius 1 is 1.33 bits per heavy atom. The molecule has 7 nitrogen and oxygen atoms in total. The molecule has 0 saturated heterocycles. The first-order chi connectivity index (χ1) is 9.69. The zero-order valence-corrected chi connectivity index (χ0v) is 13.0. The standard InChI is InChI=1S/C11H11Cl2NO6S/c1-20-9(15)2-3-14-21(18,19)8-5-6(12)4-7(10(8)13)11(16)17/h4-5,14H,2-3H2,1H3,(H,16,17). The molecular formula is C11H11Cl2NO6S. The molecule has 1 rings (SSSR count). The van der Waals surface area contributed by atoms with Crippen molar-refractivity contribution in [2.45, 2.75) is 11.3 Å². The molecule has 0 fully saturated rings. The van der Waals surface area contributed by atoms with Gasteiger partial charge < -0.3 is 9.84 Å². The average Bonchev–Trinajstić information content (AvgIpc) is 2.40. The lowest BCUT2D eigenvalue weighted by Gasteiger charge is -2.10. The van der Waals surface area contributed by atoms with Gasteiger partial charge in [0.2, 0.25) is 10.0 Å². The van der Waals surface area contributed by atoms with Gasteiger partial charge in [0.25, 0.3) is 0 Å². The summed E-state index contributed by atoms with van der Waals surface area (Å²) in [5.74, 6) is -2.00. The number of aromatic carboxylic acids is 1. The minimum atomic E-state index is -4.11. The Labute approximate surface area is 130 Å². The van der Waals surface area contributed by atoms with Crippen molar-refractivity contribution in [3.63, 3.8) is 0 Å². The lowest BCUT2D eigenvalue weighted by atomic mass is 10.2. The third kappa shape index (κ3) is 4.57. The van der Waals surface area contributed by atoms with Crippen LogP contribution >= 0.6 is 23.2 Å². The van der Waals surface area contributed by atoms with Crippen LogP contribution in [0.1, 0.15) is 16.8 Å². The number of carbonyl (C=O) groups is 2. The van der Waals surface area contributed by atoms with Crippen molar-refractivity contribution < 1.29 is 27.9 Å². The second-order valence-electron chi connectivity index (χ2n) is 3.79. The fourth-order valence-electron chi connectivity index (χ4n) is 1.38. The van der Waals surface area contributed by atoms with Crippen LogP contribution in [-0.4, -0.2) is 39.1 Å². The maximum absolute atomic E-state index is 12.1. The fourth-order valence-corrected chi connectivity index (χ4v) is 3.31. The van der Waals surface area contributed by atoms with Crippen LogP contribution < -0.4 is 4.72 Å². The molecule has 0 radical (unpaired) electrons. The Bertz CT molecular complexity index is 674. The summed E-state index contributed by atoms with van der Waals surface area (Å²) in [4.78, 5) is 21.4. The molecule has 0 amide bonds. The van der Waals surface area contributed by atoms with E-state index < -0.39 is 37.4 Å². The Hall–Kier alpha value is -1.35. The molecule has 1 aromatic carbocycles. The second-order valence-corrected chi connectivity index (χ2v) is 6.34. The van der Waals surface area contributed by atoms with Crippen molar-refractivity contribution in [2.24, 2.45) is 0 Å². The van der Waals surface area contributed by atoms with E-state index in [4.69, 9.17) is 28.3 Å². The fraction of sp³-hybridized carbons (Fsp3) is 0.273. The van der Waals surface area contributed by atoms with Crippen LogP contribution in [0.5, 0.6) is 0 Å². The monoisotopic (exact) mass is 355 g/mol. The highest BCUT2D eigenvalue weighted by atomic mass is 35.5. The first-order valence-electron chi connectivity index (χ1n) is 5.48. The molecule has 116 valence electrons. The van der Waals surface area contributed by atoms with Gasteiger partial charge in [-0.2, -0.15) is 0 Å². The van der Waals surface area contributed by atoms with Gasteiger partial charge in [0, 0.05) is 11.6 Å². The van der Waals surface area contributed by atoms with Gasteiger partial charge in [-0.25, -0.2) is 17.9 Å². The van der Waals surface area contributed by atoms with Crippen molar-refractivity contribution in [3.8, 4) is 0 Å². The normalized spacial score (nSPS) is 11.2. The summed E-state index contributed by atoms with van der Waals surface area (Å²) in [5, 5.41) is 8.39. The van der Waals surface area contributed by atoms with E-state index in [1.54, 1.807) is 0 Å². The number of methoxy groups -OCH3 is 1. The zero-order chi connectivity index (χ0) is 16.2. The maximum Gasteiger partial charge on any atom is 0.337 e. The highest BCUT2D eigenvalue weighted by molar-refractivity contribution is 7.89. The summed E-state index contributed by atoms with van der Waals surface area (Å²) >= 11 is 11.5. The van der Waals surface area contributed by atoms with Gasteiger partial charge in [-0.15, -0.1) is 0 Å². The van der Waals surface area contributed by atoms with Crippen LogP contribution in [0.4, 0.5) is 0 Å². The van der Waals surface area contributed by atoms with E-state index in [1.165, 1.54) is 7.11 Å². The third-order valence-corrected chi connectivity index (χ3v) is 4.60. The predicted molar refractivity (Wildman–Crippen MR) is 75.2 cm³/mol. The Morgan fingerprint density at radius 2 is 1.95 bits per heavy atom. The molecule has 0 heterocycles. The number of halogens is 2. The number of esters is 1. The molecule has 0 spiro atoms. The van der Waals surface area contributed by atoms with E-state index in [2.05, 4.69) is 9.46 Å². The highest BCUT2D eigenvalue weighted by Gasteiger charge is 2.23. The molecule has 1 aromatic rings. The van der Waals surface area contributed by atoms with Crippen molar-refractivity contribution in [3.05, 3.63) is 27.7 Å². The van der Waals surface area contributed by atoms with E-state index >= 15 is 0 Å². The van der Waals surface area contributed by atoms with Crippen LogP contribution in [0.15, 0.2) is 17.0 Å². The van der Waals surface area contributed by atoms with E-state index in [0.29, 0.717) is 0 Å². The van der Waals surface area contributed by atoms with Gasteiger partial charge in [0.05, 0.1) is 24.1 Å². The first kappa shape index (κ1) is 17.7. The molecule has 0 bridgehead atoms. The number of ether oxygens (including phenoxy) is 1. The quantitative estimate of drug-likeness (QED) is 0.748. The largest absolute Gasteiger partial charge is 0.478 e. The van der Waals surface area contributed by atoms with Crippen molar-refractivity contribution >= 4 is 45.2 Å². The lowest BCUT2D eigenvalue weighted by Crippen LogP contribution is -2.27. The molecular weight excluding hydrogens is 345 g/mol. The van der Waals surface area contributed by atoms with Gasteiger partial charge in [-0.3, -0.25) is 4.79 Å². The molecule has 21 heavy (non-hydrogen) atoms. The summed E-state index contributed by atoms with van der Waals surface area (Å²) in [6.45, 7) is -0.222. The van der Waals surface area contributed by atoms with Crippen LogP contribution in [0.2, 0.25) is 10.0 Å². The Kier molecular flexibility index (Phi) is 5.97. The molecule has 0 aliphatic rings. The SMILES string of the molecule is COC(=O)CCNS(=O)(=O)c1cc(Cl)cc(C(=O)O)c1Cl. The van der Waals surface area contributed by atoms with Crippen molar-refractivity contribution in [2.75, 3.05) is 13.7 Å². The first-order valence-corrected chi connectivity index (χ1v) is 7.71. The summed E-state index contributed by atoms with van der Waals surface area (Å²) in [7, 11) is -2.94. The topological polar surface area (TPSA) is 110 Å². The lowest BCUT2D eigenvalue weighted by molar-refractivity contribution is -0.140. The van der Waals surface area contributed by atoms with Crippen LogP contribution in [0.3, 0.4) is 0 Å². The van der Waals surface area contributed by atoms with Crippen molar-refractivity contribution in [1.29, 1.82) is 0 Å². The molecule has 0 aromatic heterocycles. The molecule has 10 heteroatoms. The van der Waals surface area contributed by atoms with E-state index in [-0.39, 0.29) is 18.0 Å². The number of nitrogens with one attached hydrogen (secondary N) is 1. The van der Waals surface area contributed by atoms with Gasteiger partial charge in [0.1, 0.15) is 4.90 Å². The second kappa shape index (κ2) is 7.08. The molecule has 2 N–H and O–H groups in total. The number of carbonyl (C=O) groups excluding carboxylic acids is 1. The number of rotatable bonds is 6. The summed E-state index contributed by atoms with van der Waals surface area (Å²) in [6.07, 6.45) is -0.181. The Morgan fingerprint density at radius 3 is 2.48 bits per heavy atom. The number of hydrogen-bond donors (Lipinski definition) is 2. The smallest absolute Gasteiger partial charge is 0.337 e. The van der Waals surface area contributed by atoms with E-state index in [0.717, 1.165) is 12.1 Å². The number of carboxylic acids is 1. The van der Waals surface area contributed by atoms with E-state index in [1.807, 2.05) is 0 Å².